The van der Waals surface area contributed by atoms with Crippen LogP contribution in [0.1, 0.15) is 17.8 Å². The number of carbonyl (C=O) groups is 1. The Bertz CT molecular complexity index is 1090. The standard InChI is InChI=1S/C18H13ClN2O4/c1-25-15(22)9-18(24)12-7-6-10(19)8-14(12)21-16(23)11-4-2-3-5-13(11)20-17(18)21/h2-8,24H,9H2,1H3. The largest absolute Gasteiger partial charge is 0.469 e. The normalized spacial score (nSPS) is 18.0. The number of aromatic nitrogens is 2. The van der Waals surface area contributed by atoms with Crippen molar-refractivity contribution in [2.45, 2.75) is 12.0 Å². The van der Waals surface area contributed by atoms with Crippen molar-refractivity contribution in [3.63, 3.8) is 0 Å². The number of aliphatic hydroxyl groups is 1. The average molecular weight is 357 g/mol. The monoisotopic (exact) mass is 356 g/mol. The maximum absolute atomic E-state index is 13.0. The summed E-state index contributed by atoms with van der Waals surface area (Å²) in [6.45, 7) is 0. The lowest BCUT2D eigenvalue weighted by atomic mass is 9.91. The highest BCUT2D eigenvalue weighted by molar-refractivity contribution is 6.30. The van der Waals surface area contributed by atoms with Gasteiger partial charge in [0.25, 0.3) is 5.56 Å². The molecule has 1 aromatic heterocycles. The molecule has 0 bridgehead atoms. The van der Waals surface area contributed by atoms with Crippen LogP contribution in [0.25, 0.3) is 16.6 Å². The highest BCUT2D eigenvalue weighted by atomic mass is 35.5. The van der Waals surface area contributed by atoms with E-state index in [2.05, 4.69) is 4.98 Å². The fraction of sp³-hybridized carbons (Fsp3) is 0.167. The Morgan fingerprint density at radius 1 is 1.32 bits per heavy atom. The van der Waals surface area contributed by atoms with Gasteiger partial charge in [0.1, 0.15) is 0 Å². The van der Waals surface area contributed by atoms with E-state index in [1.54, 1.807) is 42.5 Å². The number of hydrogen-bond acceptors (Lipinski definition) is 5. The van der Waals surface area contributed by atoms with E-state index in [1.807, 2.05) is 0 Å². The fourth-order valence-corrected chi connectivity index (χ4v) is 3.42. The third-order valence-corrected chi connectivity index (χ3v) is 4.65. The Labute approximate surface area is 147 Å². The van der Waals surface area contributed by atoms with Gasteiger partial charge in [-0.15, -0.1) is 0 Å². The SMILES string of the molecule is COC(=O)CC1(O)c2ccc(Cl)cc2-n2c1nc1ccccc1c2=O. The van der Waals surface area contributed by atoms with Gasteiger partial charge in [-0.3, -0.25) is 14.2 Å². The van der Waals surface area contributed by atoms with Crippen LogP contribution in [0.15, 0.2) is 47.3 Å². The van der Waals surface area contributed by atoms with Crippen LogP contribution in [0.3, 0.4) is 0 Å². The summed E-state index contributed by atoms with van der Waals surface area (Å²) in [5.41, 5.74) is -0.846. The molecule has 3 aromatic rings. The number of benzene rings is 2. The molecule has 7 heteroatoms. The van der Waals surface area contributed by atoms with Crippen molar-refractivity contribution in [1.29, 1.82) is 0 Å². The van der Waals surface area contributed by atoms with Crippen LogP contribution >= 0.6 is 11.6 Å². The van der Waals surface area contributed by atoms with Crippen molar-refractivity contribution in [2.24, 2.45) is 0 Å². The molecule has 0 aliphatic carbocycles. The van der Waals surface area contributed by atoms with Gasteiger partial charge in [-0.25, -0.2) is 4.98 Å². The number of esters is 1. The summed E-state index contributed by atoms with van der Waals surface area (Å²) in [5.74, 6) is -0.530. The van der Waals surface area contributed by atoms with Crippen molar-refractivity contribution in [3.05, 3.63) is 69.2 Å². The molecule has 1 aliphatic heterocycles. The second-order valence-electron chi connectivity index (χ2n) is 5.87. The van der Waals surface area contributed by atoms with E-state index in [0.29, 0.717) is 27.2 Å². The first-order valence-electron chi connectivity index (χ1n) is 7.57. The number of carbonyl (C=O) groups excluding carboxylic acids is 1. The summed E-state index contributed by atoms with van der Waals surface area (Å²) in [6.07, 6.45) is -0.358. The van der Waals surface area contributed by atoms with E-state index < -0.39 is 11.6 Å². The molecule has 0 saturated carbocycles. The lowest BCUT2D eigenvalue weighted by Crippen LogP contribution is -2.32. The number of hydrogen-bond donors (Lipinski definition) is 1. The molecule has 0 radical (unpaired) electrons. The van der Waals surface area contributed by atoms with Gasteiger partial charge in [0, 0.05) is 10.6 Å². The first-order valence-corrected chi connectivity index (χ1v) is 7.95. The van der Waals surface area contributed by atoms with Crippen LogP contribution in [-0.2, 0) is 15.1 Å². The van der Waals surface area contributed by atoms with Crippen LogP contribution in [0.2, 0.25) is 5.02 Å². The average Bonchev–Trinajstić information content (AvgIpc) is 2.83. The zero-order valence-electron chi connectivity index (χ0n) is 13.2. The van der Waals surface area contributed by atoms with E-state index in [4.69, 9.17) is 16.3 Å². The van der Waals surface area contributed by atoms with Crippen molar-refractivity contribution in [1.82, 2.24) is 9.55 Å². The Balaban J connectivity index is 2.12. The predicted octanol–water partition coefficient (Wildman–Crippen LogP) is 2.15. The van der Waals surface area contributed by atoms with Crippen molar-refractivity contribution in [3.8, 4) is 5.69 Å². The molecule has 0 spiro atoms. The van der Waals surface area contributed by atoms with Gasteiger partial charge in [-0.1, -0.05) is 29.8 Å². The molecular weight excluding hydrogens is 344 g/mol. The molecule has 1 N–H and O–H groups in total. The van der Waals surface area contributed by atoms with Crippen LogP contribution in [0, 0.1) is 0 Å². The zero-order chi connectivity index (χ0) is 17.8. The maximum atomic E-state index is 13.0. The number of nitrogens with zero attached hydrogens (tertiary/aromatic N) is 2. The highest BCUT2D eigenvalue weighted by Crippen LogP contribution is 2.43. The van der Waals surface area contributed by atoms with E-state index in [1.165, 1.54) is 11.7 Å². The summed E-state index contributed by atoms with van der Waals surface area (Å²) in [4.78, 5) is 29.3. The molecule has 0 saturated heterocycles. The molecule has 1 unspecified atom stereocenters. The first kappa shape index (κ1) is 15.8. The zero-order valence-corrected chi connectivity index (χ0v) is 13.9. The molecule has 1 aliphatic rings. The molecule has 126 valence electrons. The Morgan fingerprint density at radius 3 is 2.84 bits per heavy atom. The smallest absolute Gasteiger partial charge is 0.309 e. The summed E-state index contributed by atoms with van der Waals surface area (Å²) in [6, 6.07) is 11.6. The Kier molecular flexibility index (Phi) is 3.42. The van der Waals surface area contributed by atoms with Crippen LogP contribution < -0.4 is 5.56 Å². The van der Waals surface area contributed by atoms with E-state index >= 15 is 0 Å². The number of fused-ring (bicyclic) bond motifs is 4. The van der Waals surface area contributed by atoms with Gasteiger partial charge in [-0.05, 0) is 24.3 Å². The van der Waals surface area contributed by atoms with E-state index in [9.17, 15) is 14.7 Å². The highest BCUT2D eigenvalue weighted by Gasteiger charge is 2.46. The lowest BCUT2D eigenvalue weighted by molar-refractivity contribution is -0.145. The fourth-order valence-electron chi connectivity index (χ4n) is 3.25. The third-order valence-electron chi connectivity index (χ3n) is 4.42. The van der Waals surface area contributed by atoms with E-state index in [0.717, 1.165) is 0 Å². The second kappa shape index (κ2) is 5.40. The molecule has 2 aromatic carbocycles. The van der Waals surface area contributed by atoms with Crippen LogP contribution in [0.4, 0.5) is 0 Å². The van der Waals surface area contributed by atoms with Gasteiger partial charge < -0.3 is 9.84 Å². The molecule has 25 heavy (non-hydrogen) atoms. The van der Waals surface area contributed by atoms with Crippen LogP contribution in [0.5, 0.6) is 0 Å². The van der Waals surface area contributed by atoms with Gasteiger partial charge in [-0.2, -0.15) is 0 Å². The van der Waals surface area contributed by atoms with E-state index in [-0.39, 0.29) is 17.8 Å². The minimum atomic E-state index is -1.77. The number of para-hydroxylation sites is 1. The number of ether oxygens (including phenoxy) is 1. The topological polar surface area (TPSA) is 81.4 Å². The number of halogens is 1. The third kappa shape index (κ3) is 2.18. The lowest BCUT2D eigenvalue weighted by Gasteiger charge is -2.22. The van der Waals surface area contributed by atoms with Gasteiger partial charge >= 0.3 is 5.97 Å². The molecular formula is C18H13ClN2O4. The quantitative estimate of drug-likeness (QED) is 0.711. The minimum Gasteiger partial charge on any atom is -0.469 e. The minimum absolute atomic E-state index is 0.0823. The van der Waals surface area contributed by atoms with Crippen molar-refractivity contribution < 1.29 is 14.6 Å². The Morgan fingerprint density at radius 2 is 2.08 bits per heavy atom. The van der Waals surface area contributed by atoms with Gasteiger partial charge in [0.15, 0.2) is 11.4 Å². The van der Waals surface area contributed by atoms with Crippen LogP contribution in [-0.4, -0.2) is 27.7 Å². The molecule has 2 heterocycles. The predicted molar refractivity (Wildman–Crippen MR) is 92.0 cm³/mol. The maximum Gasteiger partial charge on any atom is 0.309 e. The number of methoxy groups -OCH3 is 1. The van der Waals surface area contributed by atoms with Gasteiger partial charge in [0.05, 0.1) is 30.1 Å². The summed E-state index contributed by atoms with van der Waals surface area (Å²) in [7, 11) is 1.24. The molecule has 4 rings (SSSR count). The summed E-state index contributed by atoms with van der Waals surface area (Å²) in [5, 5.41) is 12.1. The van der Waals surface area contributed by atoms with Crippen molar-refractivity contribution >= 4 is 28.5 Å². The number of rotatable bonds is 2. The summed E-state index contributed by atoms with van der Waals surface area (Å²) >= 11 is 6.08. The Hall–Kier alpha value is -2.70. The molecule has 1 atom stereocenters. The molecule has 6 nitrogen and oxygen atoms in total. The molecule has 0 amide bonds. The second-order valence-corrected chi connectivity index (χ2v) is 6.30. The first-order chi connectivity index (χ1) is 12.0. The summed E-state index contributed by atoms with van der Waals surface area (Å²) < 4.78 is 6.02. The molecule has 0 fully saturated rings. The van der Waals surface area contributed by atoms with Crippen molar-refractivity contribution in [2.75, 3.05) is 7.11 Å². The van der Waals surface area contributed by atoms with Gasteiger partial charge in [0.2, 0.25) is 0 Å².